The van der Waals surface area contributed by atoms with E-state index in [1.165, 1.54) is 23.3 Å². The number of carbonyl (C=O) groups is 2. The van der Waals surface area contributed by atoms with E-state index in [-0.39, 0.29) is 6.03 Å². The lowest BCUT2D eigenvalue weighted by Crippen LogP contribution is -2.47. The molecular weight excluding hydrogens is 264 g/mol. The number of methoxy groups -OCH3 is 1. The SMILES string of the molecule is CCN1C(=O)N[C@@H](c2cccs2)C(C(=O)OC)=C1C. The smallest absolute Gasteiger partial charge is 0.338 e. The number of ether oxygens (including phenoxy) is 1. The van der Waals surface area contributed by atoms with Gasteiger partial charge >= 0.3 is 12.0 Å². The number of hydrogen-bond acceptors (Lipinski definition) is 4. The van der Waals surface area contributed by atoms with Gasteiger partial charge in [0.05, 0.1) is 18.7 Å². The normalized spacial score (nSPS) is 19.4. The number of nitrogens with zero attached hydrogens (tertiary/aromatic N) is 1. The van der Waals surface area contributed by atoms with Crippen molar-refractivity contribution in [1.29, 1.82) is 0 Å². The summed E-state index contributed by atoms with van der Waals surface area (Å²) in [6.07, 6.45) is 0. The average Bonchev–Trinajstić information content (AvgIpc) is 2.91. The van der Waals surface area contributed by atoms with Crippen LogP contribution in [0.2, 0.25) is 0 Å². The Morgan fingerprint density at radius 2 is 2.32 bits per heavy atom. The largest absolute Gasteiger partial charge is 0.466 e. The first-order valence-electron chi connectivity index (χ1n) is 6.00. The maximum Gasteiger partial charge on any atom is 0.338 e. The number of carbonyl (C=O) groups excluding carboxylic acids is 2. The predicted molar refractivity (Wildman–Crippen MR) is 72.7 cm³/mol. The van der Waals surface area contributed by atoms with Crippen molar-refractivity contribution in [2.24, 2.45) is 0 Å². The zero-order valence-corrected chi connectivity index (χ0v) is 11.9. The Morgan fingerprint density at radius 3 is 2.84 bits per heavy atom. The van der Waals surface area contributed by atoms with Crippen LogP contribution in [0.15, 0.2) is 28.8 Å². The van der Waals surface area contributed by atoms with Gasteiger partial charge < -0.3 is 10.1 Å². The Bertz CT molecular complexity index is 522. The molecule has 1 atom stereocenters. The van der Waals surface area contributed by atoms with Crippen LogP contribution in [-0.4, -0.2) is 30.6 Å². The number of amides is 2. The first-order valence-corrected chi connectivity index (χ1v) is 6.88. The third-order valence-corrected chi connectivity index (χ3v) is 4.08. The number of allylic oxidation sites excluding steroid dienone is 1. The van der Waals surface area contributed by atoms with Crippen molar-refractivity contribution < 1.29 is 14.3 Å². The first-order chi connectivity index (χ1) is 9.10. The second-order valence-electron chi connectivity index (χ2n) is 4.13. The molecule has 1 N–H and O–H groups in total. The molecule has 1 aliphatic rings. The average molecular weight is 280 g/mol. The zero-order chi connectivity index (χ0) is 14.0. The number of rotatable bonds is 3. The highest BCUT2D eigenvalue weighted by Gasteiger charge is 2.35. The van der Waals surface area contributed by atoms with Crippen LogP contribution in [0.5, 0.6) is 0 Å². The highest BCUT2D eigenvalue weighted by atomic mass is 32.1. The van der Waals surface area contributed by atoms with Gasteiger partial charge in [0.15, 0.2) is 0 Å². The number of thiophene rings is 1. The molecule has 0 aliphatic carbocycles. The molecule has 0 saturated carbocycles. The van der Waals surface area contributed by atoms with Crippen molar-refractivity contribution in [3.8, 4) is 0 Å². The summed E-state index contributed by atoms with van der Waals surface area (Å²) in [7, 11) is 1.35. The van der Waals surface area contributed by atoms with Crippen LogP contribution < -0.4 is 5.32 Å². The van der Waals surface area contributed by atoms with Gasteiger partial charge in [-0.15, -0.1) is 11.3 Å². The summed E-state index contributed by atoms with van der Waals surface area (Å²) in [6, 6.07) is 3.17. The maximum atomic E-state index is 12.0. The quantitative estimate of drug-likeness (QED) is 0.864. The van der Waals surface area contributed by atoms with Crippen molar-refractivity contribution in [2.75, 3.05) is 13.7 Å². The van der Waals surface area contributed by atoms with E-state index in [0.29, 0.717) is 17.8 Å². The number of hydrogen-bond donors (Lipinski definition) is 1. The van der Waals surface area contributed by atoms with Gasteiger partial charge in [0.2, 0.25) is 0 Å². The summed E-state index contributed by atoms with van der Waals surface area (Å²) in [5.41, 5.74) is 1.14. The molecule has 0 saturated heterocycles. The fraction of sp³-hybridized carbons (Fsp3) is 0.385. The molecule has 1 aromatic rings. The van der Waals surface area contributed by atoms with E-state index in [9.17, 15) is 9.59 Å². The predicted octanol–water partition coefficient (Wildman–Crippen LogP) is 2.28. The molecule has 0 bridgehead atoms. The van der Waals surface area contributed by atoms with Gasteiger partial charge in [-0.1, -0.05) is 6.07 Å². The molecule has 102 valence electrons. The standard InChI is InChI=1S/C13H16N2O3S/c1-4-15-8(2)10(12(16)18-3)11(14-13(15)17)9-6-5-7-19-9/h5-7,11H,4H2,1-3H3,(H,14,17)/t11-/m0/s1. The first kappa shape index (κ1) is 13.6. The Hall–Kier alpha value is -1.82. The number of esters is 1. The van der Waals surface area contributed by atoms with E-state index in [1.54, 1.807) is 6.92 Å². The Labute approximate surface area is 115 Å². The fourth-order valence-electron chi connectivity index (χ4n) is 2.21. The van der Waals surface area contributed by atoms with E-state index < -0.39 is 12.0 Å². The lowest BCUT2D eigenvalue weighted by Gasteiger charge is -2.34. The topological polar surface area (TPSA) is 58.6 Å². The lowest BCUT2D eigenvalue weighted by atomic mass is 10.0. The molecule has 5 nitrogen and oxygen atoms in total. The van der Waals surface area contributed by atoms with Gasteiger partial charge in [0, 0.05) is 17.1 Å². The molecule has 0 spiro atoms. The van der Waals surface area contributed by atoms with Crippen molar-refractivity contribution in [2.45, 2.75) is 19.9 Å². The van der Waals surface area contributed by atoms with Crippen molar-refractivity contribution >= 4 is 23.3 Å². The van der Waals surface area contributed by atoms with Gasteiger partial charge in [0.25, 0.3) is 0 Å². The van der Waals surface area contributed by atoms with Crippen LogP contribution >= 0.6 is 11.3 Å². The monoisotopic (exact) mass is 280 g/mol. The van der Waals surface area contributed by atoms with E-state index in [1.807, 2.05) is 24.4 Å². The minimum atomic E-state index is -0.428. The summed E-state index contributed by atoms with van der Waals surface area (Å²) in [4.78, 5) is 26.5. The van der Waals surface area contributed by atoms with E-state index in [2.05, 4.69) is 5.32 Å². The maximum absolute atomic E-state index is 12.0. The van der Waals surface area contributed by atoms with Crippen LogP contribution in [0.3, 0.4) is 0 Å². The van der Waals surface area contributed by atoms with Gasteiger partial charge in [-0.05, 0) is 25.3 Å². The molecular formula is C13H16N2O3S. The van der Waals surface area contributed by atoms with Crippen LogP contribution in [0.4, 0.5) is 4.79 Å². The molecule has 1 aliphatic heterocycles. The molecule has 6 heteroatoms. The minimum Gasteiger partial charge on any atom is -0.466 e. The summed E-state index contributed by atoms with van der Waals surface area (Å²) >= 11 is 1.50. The Kier molecular flexibility index (Phi) is 3.90. The van der Waals surface area contributed by atoms with Crippen molar-refractivity contribution in [3.05, 3.63) is 33.7 Å². The van der Waals surface area contributed by atoms with Gasteiger partial charge in [-0.2, -0.15) is 0 Å². The molecule has 2 amide bonds. The molecule has 1 aromatic heterocycles. The highest BCUT2D eigenvalue weighted by Crippen LogP contribution is 2.33. The van der Waals surface area contributed by atoms with Gasteiger partial charge in [-0.3, -0.25) is 4.90 Å². The minimum absolute atomic E-state index is 0.189. The molecule has 0 radical (unpaired) electrons. The van der Waals surface area contributed by atoms with Gasteiger partial charge in [-0.25, -0.2) is 9.59 Å². The number of urea groups is 1. The van der Waals surface area contributed by atoms with Crippen LogP contribution in [-0.2, 0) is 9.53 Å². The molecule has 0 unspecified atom stereocenters. The zero-order valence-electron chi connectivity index (χ0n) is 11.1. The van der Waals surface area contributed by atoms with E-state index in [0.717, 1.165) is 4.88 Å². The van der Waals surface area contributed by atoms with Crippen LogP contribution in [0.25, 0.3) is 0 Å². The third kappa shape index (κ3) is 2.35. The summed E-state index contributed by atoms with van der Waals surface area (Å²) in [5, 5.41) is 4.77. The number of nitrogens with one attached hydrogen (secondary N) is 1. The summed E-state index contributed by atoms with van der Waals surface area (Å²) in [5.74, 6) is -0.408. The molecule has 0 fully saturated rings. The lowest BCUT2D eigenvalue weighted by molar-refractivity contribution is -0.136. The molecule has 2 heterocycles. The molecule has 19 heavy (non-hydrogen) atoms. The molecule has 2 rings (SSSR count). The van der Waals surface area contributed by atoms with Gasteiger partial charge in [0.1, 0.15) is 0 Å². The van der Waals surface area contributed by atoms with Crippen LogP contribution in [0, 0.1) is 0 Å². The summed E-state index contributed by atoms with van der Waals surface area (Å²) < 4.78 is 4.85. The van der Waals surface area contributed by atoms with Crippen molar-refractivity contribution in [3.63, 3.8) is 0 Å². The second-order valence-corrected chi connectivity index (χ2v) is 5.11. The fourth-order valence-corrected chi connectivity index (χ4v) is 2.99. The third-order valence-electron chi connectivity index (χ3n) is 3.15. The summed E-state index contributed by atoms with van der Waals surface area (Å²) in [6.45, 7) is 4.15. The Morgan fingerprint density at radius 1 is 1.58 bits per heavy atom. The van der Waals surface area contributed by atoms with Crippen LogP contribution in [0.1, 0.15) is 24.8 Å². The highest BCUT2D eigenvalue weighted by molar-refractivity contribution is 7.10. The van der Waals surface area contributed by atoms with E-state index >= 15 is 0 Å². The van der Waals surface area contributed by atoms with Crippen molar-refractivity contribution in [1.82, 2.24) is 10.2 Å². The second kappa shape index (κ2) is 5.44. The Balaban J connectivity index is 2.51. The molecule has 0 aromatic carbocycles. The van der Waals surface area contributed by atoms with E-state index in [4.69, 9.17) is 4.74 Å².